The van der Waals surface area contributed by atoms with Gasteiger partial charge in [-0.2, -0.15) is 0 Å². The molecule has 0 amide bonds. The third-order valence-corrected chi connectivity index (χ3v) is 5.80. The maximum absolute atomic E-state index is 11.9. The summed E-state index contributed by atoms with van der Waals surface area (Å²) >= 11 is 0. The van der Waals surface area contributed by atoms with Gasteiger partial charge < -0.3 is 10.2 Å². The van der Waals surface area contributed by atoms with E-state index in [2.05, 4.69) is 19.9 Å². The molecule has 0 aliphatic rings. The van der Waals surface area contributed by atoms with Gasteiger partial charge in [-0.15, -0.1) is 0 Å². The summed E-state index contributed by atoms with van der Waals surface area (Å²) in [5.41, 5.74) is -1.15. The van der Waals surface area contributed by atoms with E-state index in [1.54, 1.807) is 0 Å². The van der Waals surface area contributed by atoms with E-state index in [-0.39, 0.29) is 10.8 Å². The van der Waals surface area contributed by atoms with Crippen LogP contribution in [0.1, 0.15) is 68.2 Å². The molecule has 2 atom stereocenters. The van der Waals surface area contributed by atoms with Crippen LogP contribution in [-0.2, 0) is 9.59 Å². The van der Waals surface area contributed by atoms with Crippen molar-refractivity contribution in [3.05, 3.63) is 12.2 Å². The van der Waals surface area contributed by atoms with Gasteiger partial charge in [0.15, 0.2) is 0 Å². The fraction of sp³-hybridized carbons (Fsp3) is 0.789. The lowest BCUT2D eigenvalue weighted by Crippen LogP contribution is -2.44. The van der Waals surface area contributed by atoms with Crippen molar-refractivity contribution in [2.75, 3.05) is 0 Å². The van der Waals surface area contributed by atoms with E-state index in [4.69, 9.17) is 0 Å². The molecule has 0 bridgehead atoms. The Labute approximate surface area is 141 Å². The van der Waals surface area contributed by atoms with Crippen LogP contribution in [-0.4, -0.2) is 22.2 Å². The second kappa shape index (κ2) is 7.50. The zero-order valence-electron chi connectivity index (χ0n) is 15.9. The topological polar surface area (TPSA) is 74.6 Å². The predicted octanol–water partition coefficient (Wildman–Crippen LogP) is 4.84. The number of carbonyl (C=O) groups is 2. The molecule has 0 spiro atoms. The number of hydrogen-bond donors (Lipinski definition) is 2. The fourth-order valence-electron chi connectivity index (χ4n) is 3.07. The smallest absolute Gasteiger partial charge is 0.307 e. The summed E-state index contributed by atoms with van der Waals surface area (Å²) < 4.78 is 0. The second-order valence-corrected chi connectivity index (χ2v) is 8.41. The summed E-state index contributed by atoms with van der Waals surface area (Å²) in [5.74, 6) is -3.88. The summed E-state index contributed by atoms with van der Waals surface area (Å²) in [4.78, 5) is 23.7. The number of hydrogen-bond acceptors (Lipinski definition) is 2. The molecular weight excluding hydrogens is 292 g/mol. The summed E-state index contributed by atoms with van der Waals surface area (Å²) in [5, 5.41) is 19.4. The van der Waals surface area contributed by atoms with Crippen LogP contribution in [0.5, 0.6) is 0 Å². The van der Waals surface area contributed by atoms with Crippen molar-refractivity contribution in [2.24, 2.45) is 28.1 Å². The minimum absolute atomic E-state index is 0.227. The van der Waals surface area contributed by atoms with E-state index in [0.29, 0.717) is 12.8 Å². The quantitative estimate of drug-likeness (QED) is 0.594. The maximum Gasteiger partial charge on any atom is 0.307 e. The average Bonchev–Trinajstić information content (AvgIpc) is 2.36. The monoisotopic (exact) mass is 326 g/mol. The van der Waals surface area contributed by atoms with Crippen molar-refractivity contribution in [1.29, 1.82) is 0 Å². The first kappa shape index (κ1) is 21.7. The Morgan fingerprint density at radius 1 is 1.00 bits per heavy atom. The lowest BCUT2D eigenvalue weighted by Gasteiger charge is -2.44. The van der Waals surface area contributed by atoms with E-state index in [1.165, 1.54) is 0 Å². The largest absolute Gasteiger partial charge is 0.481 e. The highest BCUT2D eigenvalue weighted by atomic mass is 16.4. The van der Waals surface area contributed by atoms with Crippen molar-refractivity contribution in [3.63, 3.8) is 0 Å². The summed E-state index contributed by atoms with van der Waals surface area (Å²) in [6, 6.07) is 0. The highest BCUT2D eigenvalue weighted by Crippen LogP contribution is 2.48. The zero-order chi connectivity index (χ0) is 18.6. The van der Waals surface area contributed by atoms with E-state index in [1.807, 2.05) is 47.6 Å². The molecule has 134 valence electrons. The van der Waals surface area contributed by atoms with Crippen LogP contribution in [0.2, 0.25) is 0 Å². The minimum atomic E-state index is -1.02. The summed E-state index contributed by atoms with van der Waals surface area (Å²) in [6.07, 6.45) is 4.96. The van der Waals surface area contributed by atoms with Crippen LogP contribution in [0.4, 0.5) is 0 Å². The van der Waals surface area contributed by atoms with Crippen LogP contribution >= 0.6 is 0 Å². The lowest BCUT2D eigenvalue weighted by atomic mass is 9.59. The molecule has 0 aliphatic carbocycles. The van der Waals surface area contributed by atoms with E-state index < -0.39 is 29.2 Å². The van der Waals surface area contributed by atoms with E-state index in [0.717, 1.165) is 0 Å². The molecule has 0 radical (unpaired) electrons. The second-order valence-electron chi connectivity index (χ2n) is 8.41. The van der Waals surface area contributed by atoms with E-state index >= 15 is 0 Å². The Morgan fingerprint density at radius 2 is 1.48 bits per heavy atom. The van der Waals surface area contributed by atoms with Gasteiger partial charge in [-0.25, -0.2) is 0 Å². The number of carboxylic acids is 2. The van der Waals surface area contributed by atoms with Gasteiger partial charge in [-0.05, 0) is 29.6 Å². The first-order chi connectivity index (χ1) is 10.2. The third kappa shape index (κ3) is 5.08. The zero-order valence-corrected chi connectivity index (χ0v) is 15.9. The molecule has 0 rings (SSSR count). The number of allylic oxidation sites excluding steroid dienone is 2. The molecule has 0 saturated heterocycles. The highest BCUT2D eigenvalue weighted by molar-refractivity contribution is 5.80. The van der Waals surface area contributed by atoms with Crippen LogP contribution in [0, 0.1) is 28.1 Å². The Kier molecular flexibility index (Phi) is 7.07. The summed E-state index contributed by atoms with van der Waals surface area (Å²) in [7, 11) is 0. The number of carboxylic acid groups (broad SMARTS) is 2. The Balaban J connectivity index is 5.83. The molecule has 4 heteroatoms. The molecular formula is C19H34O4. The lowest BCUT2D eigenvalue weighted by molar-refractivity contribution is -0.161. The first-order valence-electron chi connectivity index (χ1n) is 8.33. The van der Waals surface area contributed by atoms with Crippen LogP contribution in [0.15, 0.2) is 12.2 Å². The molecule has 2 unspecified atom stereocenters. The van der Waals surface area contributed by atoms with Gasteiger partial charge in [0, 0.05) is 0 Å². The molecule has 2 N–H and O–H groups in total. The standard InChI is InChI=1S/C19H34O4/c1-9-11-18(5,6)19(7,8)12-13(15(20)21)14(16(22)23)17(3,4)10-2/h9,11,13-14H,10,12H2,1-8H3,(H,20,21)(H,22,23)/b11-9-. The fourth-order valence-corrected chi connectivity index (χ4v) is 3.07. The van der Waals surface area contributed by atoms with Crippen LogP contribution in [0.25, 0.3) is 0 Å². The third-order valence-electron chi connectivity index (χ3n) is 5.80. The molecule has 0 aromatic rings. The van der Waals surface area contributed by atoms with Gasteiger partial charge in [-0.1, -0.05) is 67.0 Å². The molecule has 0 fully saturated rings. The minimum Gasteiger partial charge on any atom is -0.481 e. The molecule has 0 aliphatic heterocycles. The first-order valence-corrected chi connectivity index (χ1v) is 8.33. The van der Waals surface area contributed by atoms with Gasteiger partial charge in [-0.3, -0.25) is 9.59 Å². The molecule has 4 nitrogen and oxygen atoms in total. The van der Waals surface area contributed by atoms with Gasteiger partial charge in [0.25, 0.3) is 0 Å². The van der Waals surface area contributed by atoms with Crippen molar-refractivity contribution >= 4 is 11.9 Å². The Morgan fingerprint density at radius 3 is 1.78 bits per heavy atom. The summed E-state index contributed by atoms with van der Waals surface area (Å²) in [6.45, 7) is 15.7. The van der Waals surface area contributed by atoms with Gasteiger partial charge in [0.05, 0.1) is 11.8 Å². The van der Waals surface area contributed by atoms with Crippen molar-refractivity contribution < 1.29 is 19.8 Å². The molecule has 0 heterocycles. The predicted molar refractivity (Wildman–Crippen MR) is 93.3 cm³/mol. The molecule has 0 saturated carbocycles. The van der Waals surface area contributed by atoms with Crippen molar-refractivity contribution in [3.8, 4) is 0 Å². The van der Waals surface area contributed by atoms with Gasteiger partial charge in [0.1, 0.15) is 0 Å². The molecule has 0 aromatic carbocycles. The van der Waals surface area contributed by atoms with E-state index in [9.17, 15) is 19.8 Å². The number of rotatable bonds is 9. The molecule has 23 heavy (non-hydrogen) atoms. The van der Waals surface area contributed by atoms with Crippen LogP contribution < -0.4 is 0 Å². The van der Waals surface area contributed by atoms with Gasteiger partial charge in [0.2, 0.25) is 0 Å². The SMILES string of the molecule is C/C=C\C(C)(C)C(C)(C)CC(C(=O)O)C(C(=O)O)C(C)(C)CC. The average molecular weight is 326 g/mol. The number of aliphatic carboxylic acids is 2. The van der Waals surface area contributed by atoms with Gasteiger partial charge >= 0.3 is 11.9 Å². The maximum atomic E-state index is 11.9. The van der Waals surface area contributed by atoms with Crippen molar-refractivity contribution in [2.45, 2.75) is 68.2 Å². The normalized spacial score (nSPS) is 16.3. The Bertz CT molecular complexity index is 458. The molecule has 0 aromatic heterocycles. The van der Waals surface area contributed by atoms with Crippen LogP contribution in [0.3, 0.4) is 0 Å². The Hall–Kier alpha value is -1.32. The highest BCUT2D eigenvalue weighted by Gasteiger charge is 2.47. The van der Waals surface area contributed by atoms with Crippen molar-refractivity contribution in [1.82, 2.24) is 0 Å².